The number of H-pyrrole nitrogens is 1. The molecule has 0 aliphatic carbocycles. The molecule has 4 aromatic rings. The Morgan fingerprint density at radius 3 is 2.74 bits per heavy atom. The zero-order valence-corrected chi connectivity index (χ0v) is 20.7. The van der Waals surface area contributed by atoms with Gasteiger partial charge in [-0.15, -0.1) is 0 Å². The van der Waals surface area contributed by atoms with Crippen molar-refractivity contribution in [2.24, 2.45) is 0 Å². The molecule has 2 aliphatic rings. The van der Waals surface area contributed by atoms with Crippen molar-refractivity contribution in [3.05, 3.63) is 64.3 Å². The number of aromatic amines is 1. The van der Waals surface area contributed by atoms with Crippen molar-refractivity contribution in [3.8, 4) is 11.9 Å². The molecule has 2 saturated heterocycles. The predicted molar refractivity (Wildman–Crippen MR) is 127 cm³/mol. The molecule has 4 atom stereocenters. The van der Waals surface area contributed by atoms with Crippen LogP contribution in [0.3, 0.4) is 0 Å². The molecular formula is C24H20ClF2N5O7. The summed E-state index contributed by atoms with van der Waals surface area (Å²) in [6, 6.07) is 3.40. The highest BCUT2D eigenvalue weighted by molar-refractivity contribution is 6.32. The number of carbonyl (C=O) groups excluding carboxylic acids is 1. The second-order valence-corrected chi connectivity index (χ2v) is 9.23. The molecule has 1 amide bonds. The van der Waals surface area contributed by atoms with Gasteiger partial charge in [0.25, 0.3) is 11.9 Å². The van der Waals surface area contributed by atoms with Crippen molar-refractivity contribution in [1.29, 1.82) is 0 Å². The summed E-state index contributed by atoms with van der Waals surface area (Å²) in [7, 11) is 0. The van der Waals surface area contributed by atoms with Gasteiger partial charge in [0.05, 0.1) is 37.0 Å². The summed E-state index contributed by atoms with van der Waals surface area (Å²) in [5.74, 6) is -2.54. The summed E-state index contributed by atoms with van der Waals surface area (Å²) in [5, 5.41) is 12.4. The number of ether oxygens (including phenoxy) is 4. The minimum atomic E-state index is -0.986. The molecule has 0 radical (unpaired) electrons. The van der Waals surface area contributed by atoms with Crippen molar-refractivity contribution >= 4 is 28.7 Å². The van der Waals surface area contributed by atoms with Crippen LogP contribution in [-0.2, 0) is 22.6 Å². The quantitative estimate of drug-likeness (QED) is 0.291. The first-order valence-electron chi connectivity index (χ1n) is 11.8. The van der Waals surface area contributed by atoms with Crippen molar-refractivity contribution < 1.29 is 42.0 Å². The second kappa shape index (κ2) is 10.4. The Bertz CT molecular complexity index is 1500. The van der Waals surface area contributed by atoms with E-state index in [4.69, 9.17) is 35.0 Å². The number of aromatic nitrogens is 4. The monoisotopic (exact) mass is 563 g/mol. The molecule has 5 heterocycles. The van der Waals surface area contributed by atoms with Gasteiger partial charge in [0.2, 0.25) is 11.8 Å². The Morgan fingerprint density at radius 2 is 1.97 bits per heavy atom. The Morgan fingerprint density at radius 1 is 1.18 bits per heavy atom. The zero-order valence-electron chi connectivity index (χ0n) is 19.9. The fraction of sp³-hybridized carbons (Fsp3) is 0.333. The van der Waals surface area contributed by atoms with Gasteiger partial charge in [0.15, 0.2) is 11.8 Å². The van der Waals surface area contributed by atoms with E-state index in [0.29, 0.717) is 5.52 Å². The fourth-order valence-electron chi connectivity index (χ4n) is 4.34. The minimum absolute atomic E-state index is 0.0427. The van der Waals surface area contributed by atoms with Crippen LogP contribution in [0, 0.1) is 11.6 Å². The number of amides is 1. The average molecular weight is 564 g/mol. The molecule has 12 nitrogen and oxygen atoms in total. The van der Waals surface area contributed by atoms with Gasteiger partial charge in [-0.05, 0) is 18.2 Å². The number of oxazole rings is 1. The third-order valence-electron chi connectivity index (χ3n) is 6.26. The summed E-state index contributed by atoms with van der Waals surface area (Å²) in [6.07, 6.45) is 0.648. The maximum Gasteiger partial charge on any atom is 0.296 e. The Kier molecular flexibility index (Phi) is 6.76. The largest absolute Gasteiger partial charge is 0.471 e. The normalized spacial score (nSPS) is 22.3. The lowest BCUT2D eigenvalue weighted by Gasteiger charge is -2.15. The van der Waals surface area contributed by atoms with E-state index in [1.54, 1.807) is 0 Å². The number of pyridine rings is 1. The van der Waals surface area contributed by atoms with Gasteiger partial charge in [-0.25, -0.2) is 13.8 Å². The van der Waals surface area contributed by atoms with Crippen molar-refractivity contribution in [1.82, 2.24) is 25.3 Å². The molecule has 0 bridgehead atoms. The van der Waals surface area contributed by atoms with E-state index >= 15 is 0 Å². The zero-order chi connectivity index (χ0) is 27.1. The van der Waals surface area contributed by atoms with Gasteiger partial charge in [0, 0.05) is 5.56 Å². The van der Waals surface area contributed by atoms with Gasteiger partial charge >= 0.3 is 0 Å². The van der Waals surface area contributed by atoms with Crippen LogP contribution in [0.4, 0.5) is 8.78 Å². The van der Waals surface area contributed by atoms with Gasteiger partial charge in [-0.3, -0.25) is 4.79 Å². The maximum absolute atomic E-state index is 14.7. The standard InChI is InChI=1S/C24H20ClF2N5O7/c25-12-5-15-21(32-24(30-15)39-17-9-37-19-16(33)8-36-20(17)19)31-23(12)38-7-11-13(26)3-10(4-14(11)27)22(34)29-6-18-28-1-2-35-18/h1-5,16-17,19-20,33H,6-9H2,(H,29,34)(H,30,31,32)/t16-,17-,19?,20-/m1/s1. The van der Waals surface area contributed by atoms with E-state index in [1.165, 1.54) is 18.5 Å². The maximum atomic E-state index is 14.7. The van der Waals surface area contributed by atoms with Crippen LogP contribution in [0.25, 0.3) is 11.2 Å². The number of aliphatic hydroxyl groups excluding tert-OH is 1. The van der Waals surface area contributed by atoms with Crippen LogP contribution < -0.4 is 14.8 Å². The predicted octanol–water partition coefficient (Wildman–Crippen LogP) is 2.29. The van der Waals surface area contributed by atoms with Gasteiger partial charge in [-0.1, -0.05) is 11.6 Å². The molecule has 0 spiro atoms. The lowest BCUT2D eigenvalue weighted by atomic mass is 10.1. The number of fused-ring (bicyclic) bond motifs is 2. The van der Waals surface area contributed by atoms with E-state index < -0.39 is 54.1 Å². The van der Waals surface area contributed by atoms with Crippen LogP contribution in [0.2, 0.25) is 5.02 Å². The summed E-state index contributed by atoms with van der Waals surface area (Å²) >= 11 is 6.26. The molecule has 0 saturated carbocycles. The number of nitrogens with zero attached hydrogens (tertiary/aromatic N) is 3. The number of hydrogen-bond donors (Lipinski definition) is 3. The van der Waals surface area contributed by atoms with Crippen LogP contribution >= 0.6 is 11.6 Å². The molecule has 1 unspecified atom stereocenters. The van der Waals surface area contributed by atoms with Gasteiger partial charge < -0.3 is 38.8 Å². The molecule has 204 valence electrons. The first-order valence-corrected chi connectivity index (χ1v) is 12.1. The van der Waals surface area contributed by atoms with E-state index in [1.807, 2.05) is 0 Å². The molecule has 3 N–H and O–H groups in total. The number of benzene rings is 1. The van der Waals surface area contributed by atoms with Crippen LogP contribution in [0.5, 0.6) is 11.9 Å². The molecule has 2 aliphatic heterocycles. The summed E-state index contributed by atoms with van der Waals surface area (Å²) in [5.41, 5.74) is -0.0230. The van der Waals surface area contributed by atoms with Crippen LogP contribution in [0.1, 0.15) is 21.8 Å². The third-order valence-corrected chi connectivity index (χ3v) is 6.53. The summed E-state index contributed by atoms with van der Waals surface area (Å²) in [6.45, 7) is -0.221. The topological polar surface area (TPSA) is 154 Å². The number of carbonyl (C=O) groups is 1. The molecule has 1 aromatic carbocycles. The van der Waals surface area contributed by atoms with E-state index in [-0.39, 0.29) is 53.8 Å². The lowest BCUT2D eigenvalue weighted by molar-refractivity contribution is 0.00706. The Balaban J connectivity index is 1.12. The van der Waals surface area contributed by atoms with E-state index in [0.717, 1.165) is 12.1 Å². The third kappa shape index (κ3) is 5.11. The van der Waals surface area contributed by atoms with Crippen molar-refractivity contribution in [3.63, 3.8) is 0 Å². The number of aliphatic hydroxyl groups is 1. The number of hydrogen-bond acceptors (Lipinski definition) is 10. The van der Waals surface area contributed by atoms with Crippen LogP contribution in [0.15, 0.2) is 35.1 Å². The van der Waals surface area contributed by atoms with Gasteiger partial charge in [-0.2, -0.15) is 9.97 Å². The molecule has 15 heteroatoms. The molecular weight excluding hydrogens is 544 g/mol. The highest BCUT2D eigenvalue weighted by Crippen LogP contribution is 2.31. The second-order valence-electron chi connectivity index (χ2n) is 8.82. The summed E-state index contributed by atoms with van der Waals surface area (Å²) < 4.78 is 56.8. The van der Waals surface area contributed by atoms with E-state index in [9.17, 15) is 18.7 Å². The Labute approximate surface area is 223 Å². The van der Waals surface area contributed by atoms with Crippen LogP contribution in [-0.4, -0.2) is 68.6 Å². The Hall–Kier alpha value is -3.85. The van der Waals surface area contributed by atoms with Gasteiger partial charge in [0.1, 0.15) is 47.8 Å². The average Bonchev–Trinajstić information content (AvgIpc) is 3.70. The molecule has 39 heavy (non-hydrogen) atoms. The first kappa shape index (κ1) is 25.4. The summed E-state index contributed by atoms with van der Waals surface area (Å²) in [4.78, 5) is 27.5. The fourth-order valence-corrected chi connectivity index (χ4v) is 4.54. The number of nitrogens with one attached hydrogen (secondary N) is 2. The number of imidazole rings is 1. The first-order chi connectivity index (χ1) is 18.9. The smallest absolute Gasteiger partial charge is 0.296 e. The molecule has 3 aromatic heterocycles. The highest BCUT2D eigenvalue weighted by Gasteiger charge is 2.48. The minimum Gasteiger partial charge on any atom is -0.471 e. The van der Waals surface area contributed by atoms with Crippen molar-refractivity contribution in [2.45, 2.75) is 37.6 Å². The molecule has 2 fully saturated rings. The van der Waals surface area contributed by atoms with E-state index in [2.05, 4.69) is 25.3 Å². The SMILES string of the molecule is O=C(NCc1ncco1)c1cc(F)c(COc2nc3nc(O[C@@H]4COC5[C@H](O)CO[C@@H]54)[nH]c3cc2Cl)c(F)c1. The number of rotatable bonds is 8. The highest BCUT2D eigenvalue weighted by atomic mass is 35.5. The molecule has 6 rings (SSSR count). The lowest BCUT2D eigenvalue weighted by Crippen LogP contribution is -2.34. The van der Waals surface area contributed by atoms with Crippen molar-refractivity contribution in [2.75, 3.05) is 13.2 Å². The number of halogens is 3.